The first-order chi connectivity index (χ1) is 23.9. The van der Waals surface area contributed by atoms with Gasteiger partial charge >= 0.3 is 11.9 Å². The highest BCUT2D eigenvalue weighted by atomic mass is 16.6. The maximum absolute atomic E-state index is 14.0. The van der Waals surface area contributed by atoms with Crippen molar-refractivity contribution in [3.05, 3.63) is 12.2 Å². The molecule has 0 radical (unpaired) electrons. The number of nitrogens with zero attached hydrogens (tertiary/aromatic N) is 1. The fourth-order valence-corrected chi connectivity index (χ4v) is 9.48. The summed E-state index contributed by atoms with van der Waals surface area (Å²) in [6, 6.07) is 0.492. The predicted octanol–water partition coefficient (Wildman–Crippen LogP) is 8.01. The first-order valence-electron chi connectivity index (χ1n) is 20.5. The van der Waals surface area contributed by atoms with E-state index in [1.165, 1.54) is 71.3 Å². The molecule has 0 amide bonds. The number of allylic oxidation sites excluding steroid dienone is 1. The zero-order valence-electron chi connectivity index (χ0n) is 31.2. The van der Waals surface area contributed by atoms with Crippen molar-refractivity contribution in [3.63, 3.8) is 0 Å². The van der Waals surface area contributed by atoms with Gasteiger partial charge in [0.05, 0.1) is 25.9 Å². The molecule has 0 aromatic heterocycles. The normalized spacial score (nSPS) is 34.2. The summed E-state index contributed by atoms with van der Waals surface area (Å²) in [5.74, 6) is -0.483. The molecule has 0 bridgehead atoms. The number of ether oxygens (including phenoxy) is 4. The van der Waals surface area contributed by atoms with Gasteiger partial charge in [0.2, 0.25) is 0 Å². The van der Waals surface area contributed by atoms with Crippen molar-refractivity contribution in [3.8, 4) is 0 Å². The molecule has 5 aliphatic rings. The van der Waals surface area contributed by atoms with Gasteiger partial charge in [0.25, 0.3) is 0 Å². The maximum Gasteiger partial charge on any atom is 0.314 e. The Morgan fingerprint density at radius 1 is 0.857 bits per heavy atom. The first-order valence-corrected chi connectivity index (χ1v) is 20.5. The molecule has 0 saturated carbocycles. The third-order valence-corrected chi connectivity index (χ3v) is 12.0. The lowest BCUT2D eigenvalue weighted by Gasteiger charge is -2.60. The molecule has 9 nitrogen and oxygen atoms in total. The van der Waals surface area contributed by atoms with Gasteiger partial charge in [0, 0.05) is 24.9 Å². The number of rotatable bonds is 19. The number of nitrogens with one attached hydrogen (secondary N) is 2. The second kappa shape index (κ2) is 19.4. The second-order valence-corrected chi connectivity index (χ2v) is 15.8. The van der Waals surface area contributed by atoms with Crippen molar-refractivity contribution >= 4 is 11.9 Å². The van der Waals surface area contributed by atoms with Crippen LogP contribution in [0.25, 0.3) is 0 Å². The van der Waals surface area contributed by atoms with Gasteiger partial charge in [-0.05, 0) is 71.1 Å². The summed E-state index contributed by atoms with van der Waals surface area (Å²) < 4.78 is 24.4. The smallest absolute Gasteiger partial charge is 0.314 e. The highest BCUT2D eigenvalue weighted by Crippen LogP contribution is 2.49. The van der Waals surface area contributed by atoms with E-state index < -0.39 is 5.72 Å². The van der Waals surface area contributed by atoms with Crippen molar-refractivity contribution in [1.29, 1.82) is 0 Å². The van der Waals surface area contributed by atoms with Gasteiger partial charge < -0.3 is 18.9 Å². The molecule has 0 aromatic carbocycles. The Morgan fingerprint density at radius 2 is 1.53 bits per heavy atom. The van der Waals surface area contributed by atoms with Crippen LogP contribution in [0.3, 0.4) is 0 Å². The highest BCUT2D eigenvalue weighted by Gasteiger charge is 2.63. The Hall–Kier alpha value is -1.52. The molecule has 280 valence electrons. The van der Waals surface area contributed by atoms with Crippen LogP contribution in [0, 0.1) is 5.92 Å². The number of carbonyl (C=O) groups excluding carboxylic acids is 2. The lowest BCUT2D eigenvalue weighted by Crippen LogP contribution is -2.81. The van der Waals surface area contributed by atoms with E-state index >= 15 is 0 Å². The van der Waals surface area contributed by atoms with E-state index in [0.717, 1.165) is 83.5 Å². The summed E-state index contributed by atoms with van der Waals surface area (Å²) in [5, 5.41) is 7.83. The number of unbranched alkanes of at least 4 members (excludes halogenated alkanes) is 13. The molecule has 4 saturated heterocycles. The fraction of sp³-hybridized carbons (Fsp3) is 0.900. The van der Waals surface area contributed by atoms with Crippen LogP contribution in [0.2, 0.25) is 0 Å². The standard InChI is InChI=1S/C40H69N3O6/c1-4-33-23-18-19-27-39(49-33)30-32-25-26-34-36(40(28-21-22-31(2)48-40)42-38(41-39)43(32)34)37(45)47-29-20-16-14-12-10-8-6-5-7-9-11-13-15-17-24-35(44)46-3/h18,23,31-34,36,38,41-42H,4-17,19-22,24-30H2,1-3H3/t31-,32+,33+,34-,36?,38?,39+,40-/m1/s1. The Kier molecular flexibility index (Phi) is 15.3. The first kappa shape index (κ1) is 38.7. The van der Waals surface area contributed by atoms with Crippen LogP contribution in [0.5, 0.6) is 0 Å². The van der Waals surface area contributed by atoms with Crippen molar-refractivity contribution < 1.29 is 28.5 Å². The molecule has 5 heterocycles. The molecule has 49 heavy (non-hydrogen) atoms. The highest BCUT2D eigenvalue weighted by molar-refractivity contribution is 5.75. The molecular weight excluding hydrogens is 618 g/mol. The maximum atomic E-state index is 14.0. The molecule has 0 aliphatic carbocycles. The van der Waals surface area contributed by atoms with E-state index in [1.807, 2.05) is 0 Å². The monoisotopic (exact) mass is 688 g/mol. The fourth-order valence-electron chi connectivity index (χ4n) is 9.48. The Morgan fingerprint density at radius 3 is 2.18 bits per heavy atom. The minimum Gasteiger partial charge on any atom is -0.469 e. The Balaban J connectivity index is 1.00. The molecule has 4 fully saturated rings. The van der Waals surface area contributed by atoms with Gasteiger partial charge in [0.15, 0.2) is 0 Å². The molecule has 9 heteroatoms. The van der Waals surface area contributed by atoms with Crippen molar-refractivity contribution in [2.24, 2.45) is 5.92 Å². The topological polar surface area (TPSA) is 98.4 Å². The van der Waals surface area contributed by atoms with Gasteiger partial charge in [-0.1, -0.05) is 96.1 Å². The molecule has 2 unspecified atom stereocenters. The van der Waals surface area contributed by atoms with E-state index in [1.54, 1.807) is 0 Å². The Bertz CT molecular complexity index is 1060. The quantitative estimate of drug-likeness (QED) is 0.0795. The van der Waals surface area contributed by atoms with E-state index in [2.05, 4.69) is 41.5 Å². The third-order valence-electron chi connectivity index (χ3n) is 12.0. The number of carbonyl (C=O) groups is 2. The molecule has 5 aliphatic heterocycles. The minimum absolute atomic E-state index is 0.0758. The molecule has 0 aromatic rings. The number of methoxy groups -OCH3 is 1. The van der Waals surface area contributed by atoms with E-state index in [-0.39, 0.29) is 48.1 Å². The van der Waals surface area contributed by atoms with Gasteiger partial charge in [-0.3, -0.25) is 25.1 Å². The third kappa shape index (κ3) is 10.5. The molecule has 2 N–H and O–H groups in total. The van der Waals surface area contributed by atoms with Gasteiger partial charge in [-0.15, -0.1) is 0 Å². The van der Waals surface area contributed by atoms with Crippen LogP contribution >= 0.6 is 0 Å². The summed E-state index contributed by atoms with van der Waals surface area (Å²) in [7, 11) is 1.46. The summed E-state index contributed by atoms with van der Waals surface area (Å²) in [4.78, 5) is 27.7. The van der Waals surface area contributed by atoms with Crippen LogP contribution in [-0.2, 0) is 28.5 Å². The molecular formula is C40H69N3O6. The van der Waals surface area contributed by atoms with E-state index in [9.17, 15) is 9.59 Å². The lowest BCUT2D eigenvalue weighted by atomic mass is 9.79. The number of hydrogen-bond donors (Lipinski definition) is 2. The van der Waals surface area contributed by atoms with Crippen molar-refractivity contribution in [2.45, 2.75) is 210 Å². The average Bonchev–Trinajstić information content (AvgIpc) is 3.39. The van der Waals surface area contributed by atoms with Crippen LogP contribution in [0.15, 0.2) is 12.2 Å². The van der Waals surface area contributed by atoms with Crippen molar-refractivity contribution in [1.82, 2.24) is 15.5 Å². The van der Waals surface area contributed by atoms with Crippen LogP contribution < -0.4 is 10.6 Å². The molecule has 5 rings (SSSR count). The van der Waals surface area contributed by atoms with Crippen LogP contribution in [0.1, 0.15) is 168 Å². The SMILES string of the molecule is CC[C@H]1C=CCC[C@@]2(C[C@@H]3CC[C@@H]4C(C(=O)OCCCCCCCCCCCCCCCCC(=O)OC)[C@]5(CCC[C@@H](C)O5)NC(N2)N34)O1. The van der Waals surface area contributed by atoms with Gasteiger partial charge in [-0.2, -0.15) is 0 Å². The number of hydrogen-bond acceptors (Lipinski definition) is 9. The van der Waals surface area contributed by atoms with E-state index in [0.29, 0.717) is 19.1 Å². The summed E-state index contributed by atoms with van der Waals surface area (Å²) in [6.07, 6.45) is 31.2. The van der Waals surface area contributed by atoms with E-state index in [4.69, 9.17) is 18.9 Å². The second-order valence-electron chi connectivity index (χ2n) is 15.8. The number of esters is 2. The summed E-state index contributed by atoms with van der Waals surface area (Å²) >= 11 is 0. The van der Waals surface area contributed by atoms with Gasteiger partial charge in [0.1, 0.15) is 23.7 Å². The zero-order chi connectivity index (χ0) is 34.5. The predicted molar refractivity (Wildman–Crippen MR) is 192 cm³/mol. The minimum atomic E-state index is -0.708. The van der Waals surface area contributed by atoms with Crippen LogP contribution in [-0.4, -0.2) is 72.6 Å². The largest absolute Gasteiger partial charge is 0.469 e. The zero-order valence-corrected chi connectivity index (χ0v) is 31.2. The average molecular weight is 688 g/mol. The van der Waals surface area contributed by atoms with Crippen LogP contribution in [0.4, 0.5) is 0 Å². The molecule has 2 spiro atoms. The summed E-state index contributed by atoms with van der Waals surface area (Å²) in [6.45, 7) is 4.85. The van der Waals surface area contributed by atoms with Gasteiger partial charge in [-0.25, -0.2) is 0 Å². The summed E-state index contributed by atoms with van der Waals surface area (Å²) in [5.41, 5.74) is -1.07. The lowest BCUT2D eigenvalue weighted by molar-refractivity contribution is -0.255. The van der Waals surface area contributed by atoms with Crippen molar-refractivity contribution in [2.75, 3.05) is 13.7 Å². The Labute approximate surface area is 297 Å². The molecule has 8 atom stereocenters.